The van der Waals surface area contributed by atoms with Crippen LogP contribution in [0.1, 0.15) is 54.9 Å². The van der Waals surface area contributed by atoms with Crippen LogP contribution in [0.2, 0.25) is 0 Å². The second kappa shape index (κ2) is 6.51. The molecule has 0 aromatic heterocycles. The summed E-state index contributed by atoms with van der Waals surface area (Å²) in [5, 5.41) is 0. The maximum Gasteiger partial charge on any atom is 0.416 e. The summed E-state index contributed by atoms with van der Waals surface area (Å²) >= 11 is 3.21. The predicted octanol–water partition coefficient (Wildman–Crippen LogP) is 5.87. The van der Waals surface area contributed by atoms with Crippen molar-refractivity contribution in [3.05, 3.63) is 33.8 Å². The number of hydrogen-bond donors (Lipinski definition) is 0. The third kappa shape index (κ3) is 3.87. The number of rotatable bonds is 3. The van der Waals surface area contributed by atoms with Crippen molar-refractivity contribution in [2.45, 2.75) is 45.2 Å². The van der Waals surface area contributed by atoms with Gasteiger partial charge < -0.3 is 0 Å². The van der Waals surface area contributed by atoms with Crippen molar-refractivity contribution in [1.29, 1.82) is 0 Å². The van der Waals surface area contributed by atoms with Gasteiger partial charge in [-0.05, 0) is 37.0 Å². The molecule has 0 spiro atoms. The van der Waals surface area contributed by atoms with Crippen LogP contribution < -0.4 is 0 Å². The van der Waals surface area contributed by atoms with Crippen LogP contribution in [-0.4, -0.2) is 5.78 Å². The fourth-order valence-corrected chi connectivity index (χ4v) is 3.45. The van der Waals surface area contributed by atoms with Crippen molar-refractivity contribution < 1.29 is 18.0 Å². The SMILES string of the molecule is CCC1CCCC(C(=O)c2cc(C(F)(F)F)ccc2Br)C1. The van der Waals surface area contributed by atoms with Gasteiger partial charge in [0.2, 0.25) is 0 Å². The number of benzene rings is 1. The minimum absolute atomic E-state index is 0.150. The standard InChI is InChI=1S/C16H18BrF3O/c1-2-10-4-3-5-11(8-10)15(21)13-9-12(16(18,19)20)6-7-14(13)17/h6-7,9-11H,2-5,8H2,1H3. The first-order chi connectivity index (χ1) is 9.82. The summed E-state index contributed by atoms with van der Waals surface area (Å²) < 4.78 is 38.8. The summed E-state index contributed by atoms with van der Waals surface area (Å²) in [6, 6.07) is 3.29. The Morgan fingerprint density at radius 1 is 1.33 bits per heavy atom. The first-order valence-electron chi connectivity index (χ1n) is 7.24. The van der Waals surface area contributed by atoms with Crippen LogP contribution in [0, 0.1) is 11.8 Å². The molecule has 1 saturated carbocycles. The molecule has 2 rings (SSSR count). The van der Waals surface area contributed by atoms with E-state index in [1.54, 1.807) is 0 Å². The summed E-state index contributed by atoms with van der Waals surface area (Å²) in [4.78, 5) is 12.6. The molecule has 1 aromatic carbocycles. The lowest BCUT2D eigenvalue weighted by Crippen LogP contribution is -2.23. The van der Waals surface area contributed by atoms with E-state index in [2.05, 4.69) is 22.9 Å². The van der Waals surface area contributed by atoms with E-state index in [9.17, 15) is 18.0 Å². The van der Waals surface area contributed by atoms with Crippen LogP contribution in [0.15, 0.2) is 22.7 Å². The molecule has 0 heterocycles. The maximum absolute atomic E-state index is 12.8. The van der Waals surface area contributed by atoms with Crippen molar-refractivity contribution in [1.82, 2.24) is 0 Å². The van der Waals surface area contributed by atoms with E-state index in [-0.39, 0.29) is 17.3 Å². The molecular formula is C16H18BrF3O. The number of halogens is 4. The largest absolute Gasteiger partial charge is 0.416 e. The van der Waals surface area contributed by atoms with Crippen LogP contribution in [0.4, 0.5) is 13.2 Å². The van der Waals surface area contributed by atoms with Gasteiger partial charge in [-0.25, -0.2) is 0 Å². The number of alkyl halides is 3. The second-order valence-electron chi connectivity index (χ2n) is 5.69. The zero-order valence-electron chi connectivity index (χ0n) is 11.8. The molecule has 0 bridgehead atoms. The third-order valence-corrected chi connectivity index (χ3v) is 4.98. The van der Waals surface area contributed by atoms with Crippen molar-refractivity contribution in [2.24, 2.45) is 11.8 Å². The average molecular weight is 363 g/mol. The molecule has 1 aliphatic rings. The van der Waals surface area contributed by atoms with Gasteiger partial charge in [-0.1, -0.05) is 42.1 Å². The molecule has 0 saturated heterocycles. The van der Waals surface area contributed by atoms with Gasteiger partial charge in [0, 0.05) is 16.0 Å². The normalized spacial score (nSPS) is 23.1. The number of carbonyl (C=O) groups is 1. The highest BCUT2D eigenvalue weighted by molar-refractivity contribution is 9.10. The lowest BCUT2D eigenvalue weighted by atomic mass is 9.77. The summed E-state index contributed by atoms with van der Waals surface area (Å²) in [5.74, 6) is 0.201. The van der Waals surface area contributed by atoms with Crippen molar-refractivity contribution in [3.63, 3.8) is 0 Å². The van der Waals surface area contributed by atoms with Crippen LogP contribution >= 0.6 is 15.9 Å². The van der Waals surface area contributed by atoms with Crippen LogP contribution in [0.5, 0.6) is 0 Å². The molecule has 21 heavy (non-hydrogen) atoms. The quantitative estimate of drug-likeness (QED) is 0.614. The average Bonchev–Trinajstić information content (AvgIpc) is 2.46. The second-order valence-corrected chi connectivity index (χ2v) is 6.55. The van der Waals surface area contributed by atoms with E-state index in [4.69, 9.17) is 0 Å². The first-order valence-corrected chi connectivity index (χ1v) is 8.03. The highest BCUT2D eigenvalue weighted by Crippen LogP contribution is 2.36. The zero-order valence-corrected chi connectivity index (χ0v) is 13.4. The molecule has 1 aliphatic carbocycles. The Morgan fingerprint density at radius 3 is 2.67 bits per heavy atom. The van der Waals surface area contributed by atoms with Crippen LogP contribution in [-0.2, 0) is 6.18 Å². The number of hydrogen-bond acceptors (Lipinski definition) is 1. The Balaban J connectivity index is 2.26. The maximum atomic E-state index is 12.8. The summed E-state index contributed by atoms with van der Waals surface area (Å²) in [5.41, 5.74) is -0.608. The molecule has 1 fully saturated rings. The lowest BCUT2D eigenvalue weighted by molar-refractivity contribution is -0.137. The Kier molecular flexibility index (Phi) is 5.12. The molecule has 0 radical (unpaired) electrons. The Labute approximate surface area is 131 Å². The van der Waals surface area contributed by atoms with Gasteiger partial charge in [-0.3, -0.25) is 4.79 Å². The predicted molar refractivity (Wildman–Crippen MR) is 79.2 cm³/mol. The fraction of sp³-hybridized carbons (Fsp3) is 0.562. The Bertz CT molecular complexity index is 525. The highest BCUT2D eigenvalue weighted by Gasteiger charge is 2.33. The molecule has 5 heteroatoms. The van der Waals surface area contributed by atoms with E-state index in [1.807, 2.05) is 0 Å². The van der Waals surface area contributed by atoms with Crippen LogP contribution in [0.3, 0.4) is 0 Å². The van der Waals surface area contributed by atoms with Gasteiger partial charge in [0.1, 0.15) is 0 Å². The lowest BCUT2D eigenvalue weighted by Gasteiger charge is -2.27. The summed E-state index contributed by atoms with van der Waals surface area (Å²) in [7, 11) is 0. The van der Waals surface area contributed by atoms with Gasteiger partial charge in [0.25, 0.3) is 0 Å². The van der Waals surface area contributed by atoms with E-state index < -0.39 is 11.7 Å². The minimum atomic E-state index is -4.42. The molecule has 1 nitrogen and oxygen atoms in total. The summed E-state index contributed by atoms with van der Waals surface area (Å²) in [6.07, 6.45) is 0.257. The zero-order chi connectivity index (χ0) is 15.6. The molecule has 0 aliphatic heterocycles. The van der Waals surface area contributed by atoms with Gasteiger partial charge in [0.05, 0.1) is 5.56 Å². The first kappa shape index (κ1) is 16.5. The van der Waals surface area contributed by atoms with Gasteiger partial charge in [0.15, 0.2) is 5.78 Å². The topological polar surface area (TPSA) is 17.1 Å². The monoisotopic (exact) mass is 362 g/mol. The number of Topliss-reactive ketones (excluding diaryl/α,β-unsaturated/α-hetero) is 1. The number of carbonyl (C=O) groups excluding carboxylic acids is 1. The van der Waals surface area contributed by atoms with Crippen molar-refractivity contribution in [3.8, 4) is 0 Å². The Hall–Kier alpha value is -0.840. The molecule has 2 unspecified atom stereocenters. The smallest absolute Gasteiger partial charge is 0.294 e. The van der Waals surface area contributed by atoms with Crippen molar-refractivity contribution in [2.75, 3.05) is 0 Å². The van der Waals surface area contributed by atoms with E-state index in [0.29, 0.717) is 10.4 Å². The molecular weight excluding hydrogens is 345 g/mol. The number of ketones is 1. The van der Waals surface area contributed by atoms with E-state index >= 15 is 0 Å². The third-order valence-electron chi connectivity index (χ3n) is 4.29. The van der Waals surface area contributed by atoms with Crippen molar-refractivity contribution >= 4 is 21.7 Å². The van der Waals surface area contributed by atoms with E-state index in [0.717, 1.165) is 44.2 Å². The van der Waals surface area contributed by atoms with Gasteiger partial charge >= 0.3 is 6.18 Å². The molecule has 116 valence electrons. The van der Waals surface area contributed by atoms with Gasteiger partial charge in [-0.15, -0.1) is 0 Å². The molecule has 0 N–H and O–H groups in total. The fourth-order valence-electron chi connectivity index (χ4n) is 3.01. The van der Waals surface area contributed by atoms with Crippen LogP contribution in [0.25, 0.3) is 0 Å². The summed E-state index contributed by atoms with van der Waals surface area (Å²) in [6.45, 7) is 2.09. The Morgan fingerprint density at radius 2 is 2.05 bits per heavy atom. The molecule has 1 aromatic rings. The molecule has 0 amide bonds. The highest BCUT2D eigenvalue weighted by atomic mass is 79.9. The van der Waals surface area contributed by atoms with Gasteiger partial charge in [-0.2, -0.15) is 13.2 Å². The van der Waals surface area contributed by atoms with E-state index in [1.165, 1.54) is 6.07 Å². The minimum Gasteiger partial charge on any atom is -0.294 e. The molecule has 2 atom stereocenters.